The van der Waals surface area contributed by atoms with Crippen LogP contribution in [0.4, 0.5) is 5.95 Å². The second-order valence-corrected chi connectivity index (χ2v) is 8.80. The number of benzene rings is 2. The molecule has 0 atom stereocenters. The Labute approximate surface area is 208 Å². The normalized spacial score (nSPS) is 11.3. The first-order chi connectivity index (χ1) is 17.1. The van der Waals surface area contributed by atoms with Crippen LogP contribution in [0, 0.1) is 4.77 Å². The van der Waals surface area contributed by atoms with Crippen LogP contribution in [0.15, 0.2) is 53.3 Å². The van der Waals surface area contributed by atoms with Crippen LogP contribution in [0.1, 0.15) is 39.0 Å². The number of carbonyl (C=O) groups is 1. The Morgan fingerprint density at radius 2 is 1.80 bits per heavy atom. The third-order valence-electron chi connectivity index (χ3n) is 5.96. The highest BCUT2D eigenvalue weighted by atomic mass is 32.1. The van der Waals surface area contributed by atoms with E-state index in [9.17, 15) is 9.59 Å². The molecule has 9 heteroatoms. The highest BCUT2D eigenvalue weighted by Gasteiger charge is 2.13. The van der Waals surface area contributed by atoms with E-state index in [0.29, 0.717) is 42.3 Å². The molecule has 0 aliphatic heterocycles. The molecule has 0 aliphatic carbocycles. The number of para-hydroxylation sites is 3. The maximum Gasteiger partial charge on any atom is 0.262 e. The van der Waals surface area contributed by atoms with Gasteiger partial charge in [-0.3, -0.25) is 19.5 Å². The maximum absolute atomic E-state index is 12.7. The molecule has 0 spiro atoms. The number of amides is 1. The Morgan fingerprint density at radius 3 is 2.66 bits per heavy atom. The van der Waals surface area contributed by atoms with Gasteiger partial charge in [0.15, 0.2) is 4.77 Å². The van der Waals surface area contributed by atoms with Crippen molar-refractivity contribution in [3.05, 3.63) is 63.7 Å². The largest absolute Gasteiger partial charge is 0.382 e. The van der Waals surface area contributed by atoms with Crippen LogP contribution in [0.5, 0.6) is 0 Å². The van der Waals surface area contributed by atoms with E-state index in [1.54, 1.807) is 10.6 Å². The number of fused-ring (bicyclic) bond motifs is 2. The summed E-state index contributed by atoms with van der Waals surface area (Å²) in [6.07, 6.45) is 3.52. The first-order valence-corrected chi connectivity index (χ1v) is 12.5. The number of H-pyrrole nitrogens is 1. The lowest BCUT2D eigenvalue weighted by atomic mass is 10.2. The summed E-state index contributed by atoms with van der Waals surface area (Å²) in [4.78, 5) is 33.1. The molecule has 2 N–H and O–H groups in total. The minimum atomic E-state index is -0.0784. The molecule has 0 aliphatic rings. The van der Waals surface area contributed by atoms with E-state index in [1.165, 1.54) is 0 Å². The van der Waals surface area contributed by atoms with Crippen LogP contribution in [0.3, 0.4) is 0 Å². The first kappa shape index (κ1) is 24.8. The number of hydrogen-bond donors (Lipinski definition) is 2. The molecule has 0 saturated heterocycles. The average Bonchev–Trinajstić information content (AvgIpc) is 3.20. The number of aromatic amines is 1. The zero-order valence-corrected chi connectivity index (χ0v) is 20.8. The van der Waals surface area contributed by atoms with Crippen molar-refractivity contribution in [1.29, 1.82) is 0 Å². The minimum Gasteiger partial charge on any atom is -0.382 e. The topological polar surface area (TPSA) is 93.9 Å². The van der Waals surface area contributed by atoms with Crippen molar-refractivity contribution in [2.45, 2.75) is 52.1 Å². The van der Waals surface area contributed by atoms with Crippen molar-refractivity contribution in [2.75, 3.05) is 18.5 Å². The summed E-state index contributed by atoms with van der Waals surface area (Å²) in [6, 6.07) is 15.2. The van der Waals surface area contributed by atoms with Crippen molar-refractivity contribution in [3.63, 3.8) is 0 Å². The van der Waals surface area contributed by atoms with Crippen molar-refractivity contribution in [3.8, 4) is 0 Å². The molecule has 184 valence electrons. The lowest BCUT2D eigenvalue weighted by molar-refractivity contribution is -0.116. The first-order valence-electron chi connectivity index (χ1n) is 12.1. The second-order valence-electron chi connectivity index (χ2n) is 8.42. The summed E-state index contributed by atoms with van der Waals surface area (Å²) in [6.45, 7) is 4.58. The predicted molar refractivity (Wildman–Crippen MR) is 141 cm³/mol. The number of aryl methyl sites for hydroxylation is 1. The van der Waals surface area contributed by atoms with Gasteiger partial charge in [0, 0.05) is 32.7 Å². The number of aromatic nitrogens is 4. The highest BCUT2D eigenvalue weighted by Crippen LogP contribution is 2.20. The molecule has 8 nitrogen and oxygen atoms in total. The maximum atomic E-state index is 12.7. The van der Waals surface area contributed by atoms with E-state index in [1.807, 2.05) is 54.0 Å². The van der Waals surface area contributed by atoms with E-state index < -0.39 is 0 Å². The summed E-state index contributed by atoms with van der Waals surface area (Å²) in [5.41, 5.74) is 2.53. The molecule has 35 heavy (non-hydrogen) atoms. The molecule has 4 aromatic rings. The molecule has 0 bridgehead atoms. The Kier molecular flexibility index (Phi) is 8.44. The van der Waals surface area contributed by atoms with E-state index >= 15 is 0 Å². The zero-order chi connectivity index (χ0) is 24.6. The average molecular weight is 494 g/mol. The fraction of sp³-hybridized carbons (Fsp3) is 0.385. The molecule has 0 fully saturated rings. The summed E-state index contributed by atoms with van der Waals surface area (Å²) >= 11 is 5.37. The molecule has 0 radical (unpaired) electrons. The lowest BCUT2D eigenvalue weighted by Crippen LogP contribution is -2.22. The van der Waals surface area contributed by atoms with Crippen molar-refractivity contribution in [2.24, 2.45) is 0 Å². The van der Waals surface area contributed by atoms with E-state index in [0.717, 1.165) is 48.8 Å². The van der Waals surface area contributed by atoms with Gasteiger partial charge in [0.1, 0.15) is 0 Å². The van der Waals surface area contributed by atoms with Crippen molar-refractivity contribution in [1.82, 2.24) is 19.1 Å². The minimum absolute atomic E-state index is 0.0634. The SMILES string of the molecule is CCOCCCn1c(NC(=O)CCCCCn2c(=S)[nH]c3ccccc3c2=O)nc2ccccc21. The number of ether oxygens (including phenoxy) is 1. The number of nitrogens with zero attached hydrogens (tertiary/aromatic N) is 3. The molecule has 1 amide bonds. The molecular weight excluding hydrogens is 462 g/mol. The number of hydrogen-bond acceptors (Lipinski definition) is 5. The number of imidazole rings is 1. The van der Waals surface area contributed by atoms with Gasteiger partial charge in [-0.2, -0.15) is 0 Å². The molecule has 0 saturated carbocycles. The fourth-order valence-corrected chi connectivity index (χ4v) is 4.47. The smallest absolute Gasteiger partial charge is 0.262 e. The predicted octanol–water partition coefficient (Wildman–Crippen LogP) is 5.03. The number of unbranched alkanes of at least 4 members (excludes halogenated alkanes) is 2. The van der Waals surface area contributed by atoms with Gasteiger partial charge in [-0.05, 0) is 62.7 Å². The Hall–Kier alpha value is -3.30. The Bertz CT molecular complexity index is 1420. The third kappa shape index (κ3) is 6.04. The molecule has 2 heterocycles. The van der Waals surface area contributed by atoms with Gasteiger partial charge in [0.2, 0.25) is 11.9 Å². The number of carbonyl (C=O) groups excluding carboxylic acids is 1. The Morgan fingerprint density at radius 1 is 1.03 bits per heavy atom. The Balaban J connectivity index is 1.30. The molecule has 4 rings (SSSR count). The molecule has 0 unspecified atom stereocenters. The summed E-state index contributed by atoms with van der Waals surface area (Å²) < 4.78 is 9.52. The van der Waals surface area contributed by atoms with Gasteiger partial charge in [0.05, 0.1) is 21.9 Å². The number of rotatable bonds is 12. The standard InChI is InChI=1S/C26H31N5O3S/c1-2-34-18-10-17-30-22-14-8-7-13-21(22)27-25(30)29-23(32)15-4-3-9-16-31-24(33)19-11-5-6-12-20(19)28-26(31)35/h5-8,11-14H,2-4,9-10,15-18H2,1H3,(H,28,35)(H,27,29,32). The van der Waals surface area contributed by atoms with Crippen LogP contribution in [0.25, 0.3) is 21.9 Å². The van der Waals surface area contributed by atoms with Crippen molar-refractivity contribution >= 4 is 46.0 Å². The second kappa shape index (κ2) is 11.9. The van der Waals surface area contributed by atoms with Gasteiger partial charge < -0.3 is 14.3 Å². The molecular formula is C26H31N5O3S. The number of nitrogens with one attached hydrogen (secondary N) is 2. The third-order valence-corrected chi connectivity index (χ3v) is 6.28. The quantitative estimate of drug-likeness (QED) is 0.213. The molecule has 2 aromatic heterocycles. The zero-order valence-electron chi connectivity index (χ0n) is 20.0. The van der Waals surface area contributed by atoms with Crippen LogP contribution in [-0.2, 0) is 22.6 Å². The van der Waals surface area contributed by atoms with Gasteiger partial charge in [0.25, 0.3) is 5.56 Å². The van der Waals surface area contributed by atoms with Crippen molar-refractivity contribution < 1.29 is 9.53 Å². The van der Waals surface area contributed by atoms with E-state index in [4.69, 9.17) is 17.0 Å². The van der Waals surface area contributed by atoms with Crippen LogP contribution >= 0.6 is 12.2 Å². The van der Waals surface area contributed by atoms with Gasteiger partial charge in [-0.25, -0.2) is 4.98 Å². The van der Waals surface area contributed by atoms with Gasteiger partial charge in [-0.1, -0.05) is 30.7 Å². The summed E-state index contributed by atoms with van der Waals surface area (Å²) in [5.74, 6) is 0.508. The highest BCUT2D eigenvalue weighted by molar-refractivity contribution is 7.71. The van der Waals surface area contributed by atoms with E-state index in [2.05, 4.69) is 15.3 Å². The van der Waals surface area contributed by atoms with Crippen LogP contribution in [0.2, 0.25) is 0 Å². The van der Waals surface area contributed by atoms with Gasteiger partial charge in [-0.15, -0.1) is 0 Å². The monoisotopic (exact) mass is 493 g/mol. The van der Waals surface area contributed by atoms with Crippen LogP contribution in [-0.4, -0.2) is 38.2 Å². The van der Waals surface area contributed by atoms with E-state index in [-0.39, 0.29) is 11.5 Å². The fourth-order valence-electron chi connectivity index (χ4n) is 4.19. The molecule has 2 aromatic carbocycles. The summed E-state index contributed by atoms with van der Waals surface area (Å²) in [5, 5.41) is 3.61. The number of anilines is 1. The summed E-state index contributed by atoms with van der Waals surface area (Å²) in [7, 11) is 0. The lowest BCUT2D eigenvalue weighted by Gasteiger charge is -2.10. The van der Waals surface area contributed by atoms with Crippen LogP contribution < -0.4 is 10.9 Å². The van der Waals surface area contributed by atoms with Gasteiger partial charge >= 0.3 is 0 Å².